The van der Waals surface area contributed by atoms with Crippen LogP contribution in [0, 0.1) is 5.82 Å². The van der Waals surface area contributed by atoms with E-state index in [0.717, 1.165) is 5.56 Å². The third kappa shape index (κ3) is 1.82. The Bertz CT molecular complexity index is 277. The van der Waals surface area contributed by atoms with E-state index in [1.54, 1.807) is 0 Å². The number of nitrogens with two attached hydrogens (primary N) is 1. The SMILES string of the molecule is [B]c1cc(CN)c(Br)cc1F. The van der Waals surface area contributed by atoms with Gasteiger partial charge in [0.2, 0.25) is 0 Å². The molecule has 0 atom stereocenters. The summed E-state index contributed by atoms with van der Waals surface area (Å²) in [5.74, 6) is -0.422. The molecule has 0 bridgehead atoms. The van der Waals surface area contributed by atoms with Gasteiger partial charge < -0.3 is 5.73 Å². The van der Waals surface area contributed by atoms with Crippen LogP contribution in [0.15, 0.2) is 16.6 Å². The molecule has 2 radical (unpaired) electrons. The Labute approximate surface area is 74.3 Å². The first-order valence-corrected chi connectivity index (χ1v) is 3.88. The molecule has 1 aromatic rings. The molecule has 0 aliphatic carbocycles. The van der Waals surface area contributed by atoms with Gasteiger partial charge >= 0.3 is 0 Å². The fraction of sp³-hybridized carbons (Fsp3) is 0.143. The van der Waals surface area contributed by atoms with Crippen molar-refractivity contribution in [1.82, 2.24) is 0 Å². The zero-order chi connectivity index (χ0) is 8.43. The molecule has 0 unspecified atom stereocenters. The zero-order valence-corrected chi connectivity index (χ0v) is 7.36. The molecule has 0 fully saturated rings. The van der Waals surface area contributed by atoms with Crippen LogP contribution in [0.25, 0.3) is 0 Å². The van der Waals surface area contributed by atoms with Gasteiger partial charge in [0.15, 0.2) is 0 Å². The predicted molar refractivity (Wildman–Crippen MR) is 47.4 cm³/mol. The van der Waals surface area contributed by atoms with Crippen LogP contribution in [0.5, 0.6) is 0 Å². The molecule has 0 heterocycles. The molecule has 1 aromatic carbocycles. The highest BCUT2D eigenvalue weighted by Crippen LogP contribution is 2.15. The highest BCUT2D eigenvalue weighted by molar-refractivity contribution is 9.10. The van der Waals surface area contributed by atoms with Crippen molar-refractivity contribution in [2.75, 3.05) is 0 Å². The minimum atomic E-state index is -0.422. The fourth-order valence-corrected chi connectivity index (χ4v) is 1.25. The molecule has 1 nitrogen and oxygen atoms in total. The van der Waals surface area contributed by atoms with Gasteiger partial charge in [-0.05, 0) is 11.6 Å². The third-order valence-corrected chi connectivity index (χ3v) is 2.12. The standard InChI is InChI=1S/C7H6BBrFN/c8-5-1-4(3-11)6(9)2-7(5)10/h1-2H,3,11H2. The van der Waals surface area contributed by atoms with Gasteiger partial charge in [-0.15, -0.1) is 0 Å². The summed E-state index contributed by atoms with van der Waals surface area (Å²) in [6.45, 7) is 0.352. The topological polar surface area (TPSA) is 26.0 Å². The van der Waals surface area contributed by atoms with E-state index in [4.69, 9.17) is 13.6 Å². The number of benzene rings is 1. The summed E-state index contributed by atoms with van der Waals surface area (Å²) < 4.78 is 13.4. The maximum absolute atomic E-state index is 12.7. The molecule has 0 aromatic heterocycles. The molecule has 0 spiro atoms. The smallest absolute Gasteiger partial charge is 0.117 e. The molecule has 0 aliphatic rings. The summed E-state index contributed by atoms with van der Waals surface area (Å²) in [6.07, 6.45) is 0. The van der Waals surface area contributed by atoms with E-state index in [1.807, 2.05) is 0 Å². The Hall–Kier alpha value is -0.345. The van der Waals surface area contributed by atoms with Crippen molar-refractivity contribution >= 4 is 29.2 Å². The van der Waals surface area contributed by atoms with Crippen LogP contribution >= 0.6 is 15.9 Å². The van der Waals surface area contributed by atoms with Crippen LogP contribution in [-0.2, 0) is 6.54 Å². The molecular weight excluding hydrogens is 208 g/mol. The second-order valence-electron chi connectivity index (χ2n) is 2.17. The van der Waals surface area contributed by atoms with Gasteiger partial charge in [-0.3, -0.25) is 0 Å². The van der Waals surface area contributed by atoms with Crippen molar-refractivity contribution in [2.24, 2.45) is 5.73 Å². The van der Waals surface area contributed by atoms with Crippen molar-refractivity contribution in [3.8, 4) is 0 Å². The monoisotopic (exact) mass is 213 g/mol. The normalized spacial score (nSPS) is 10.1. The summed E-state index contributed by atoms with van der Waals surface area (Å²) in [5.41, 5.74) is 6.30. The van der Waals surface area contributed by atoms with Gasteiger partial charge in [0.25, 0.3) is 0 Å². The van der Waals surface area contributed by atoms with Crippen LogP contribution in [-0.4, -0.2) is 7.85 Å². The minimum Gasteiger partial charge on any atom is -0.326 e. The molecule has 11 heavy (non-hydrogen) atoms. The summed E-state index contributed by atoms with van der Waals surface area (Å²) in [7, 11) is 5.31. The van der Waals surface area contributed by atoms with E-state index in [0.29, 0.717) is 11.0 Å². The van der Waals surface area contributed by atoms with Crippen molar-refractivity contribution < 1.29 is 4.39 Å². The number of hydrogen-bond donors (Lipinski definition) is 1. The van der Waals surface area contributed by atoms with Crippen molar-refractivity contribution in [2.45, 2.75) is 6.54 Å². The van der Waals surface area contributed by atoms with Crippen LogP contribution in [0.3, 0.4) is 0 Å². The first-order chi connectivity index (χ1) is 5.15. The summed E-state index contributed by atoms with van der Waals surface area (Å²) in [4.78, 5) is 0. The van der Waals surface area contributed by atoms with Crippen LogP contribution in [0.1, 0.15) is 5.56 Å². The lowest BCUT2D eigenvalue weighted by Crippen LogP contribution is -2.11. The Morgan fingerprint density at radius 1 is 1.55 bits per heavy atom. The summed E-state index contributed by atoms with van der Waals surface area (Å²) >= 11 is 3.17. The van der Waals surface area contributed by atoms with Crippen LogP contribution < -0.4 is 11.2 Å². The van der Waals surface area contributed by atoms with E-state index in [2.05, 4.69) is 15.9 Å². The van der Waals surface area contributed by atoms with Crippen molar-refractivity contribution in [3.05, 3.63) is 28.0 Å². The average molecular weight is 214 g/mol. The second kappa shape index (κ2) is 3.37. The Balaban J connectivity index is 3.21. The fourth-order valence-electron chi connectivity index (χ4n) is 0.769. The lowest BCUT2D eigenvalue weighted by Gasteiger charge is -2.03. The van der Waals surface area contributed by atoms with E-state index >= 15 is 0 Å². The quantitative estimate of drug-likeness (QED) is 0.688. The molecule has 0 aliphatic heterocycles. The van der Waals surface area contributed by atoms with E-state index in [-0.39, 0.29) is 5.46 Å². The Kier molecular flexibility index (Phi) is 2.68. The van der Waals surface area contributed by atoms with Gasteiger partial charge in [0, 0.05) is 11.0 Å². The predicted octanol–water partition coefficient (Wildman–Crippen LogP) is 0.841. The molecule has 0 amide bonds. The lowest BCUT2D eigenvalue weighted by atomic mass is 9.94. The summed E-state index contributed by atoms with van der Waals surface area (Å²) in [5, 5.41) is 0. The van der Waals surface area contributed by atoms with Gasteiger partial charge in [-0.25, -0.2) is 4.39 Å². The van der Waals surface area contributed by atoms with Gasteiger partial charge in [-0.2, -0.15) is 0 Å². The highest BCUT2D eigenvalue weighted by atomic mass is 79.9. The average Bonchev–Trinajstić information content (AvgIpc) is 1.97. The molecule has 4 heteroatoms. The van der Waals surface area contributed by atoms with Gasteiger partial charge in [-0.1, -0.05) is 27.5 Å². The van der Waals surface area contributed by atoms with E-state index < -0.39 is 5.82 Å². The first kappa shape index (κ1) is 8.75. The Morgan fingerprint density at radius 3 is 2.73 bits per heavy atom. The number of rotatable bonds is 1. The third-order valence-electron chi connectivity index (χ3n) is 1.39. The molecule has 1 rings (SSSR count). The van der Waals surface area contributed by atoms with E-state index in [1.165, 1.54) is 12.1 Å². The van der Waals surface area contributed by atoms with Crippen LogP contribution in [0.4, 0.5) is 4.39 Å². The molecule has 0 saturated carbocycles. The molecular formula is C7H6BBrFN. The molecule has 0 saturated heterocycles. The van der Waals surface area contributed by atoms with E-state index in [9.17, 15) is 4.39 Å². The van der Waals surface area contributed by atoms with Crippen LogP contribution in [0.2, 0.25) is 0 Å². The maximum atomic E-state index is 12.7. The van der Waals surface area contributed by atoms with Crippen molar-refractivity contribution in [1.29, 1.82) is 0 Å². The Morgan fingerprint density at radius 2 is 2.18 bits per heavy atom. The van der Waals surface area contributed by atoms with Crippen molar-refractivity contribution in [3.63, 3.8) is 0 Å². The highest BCUT2D eigenvalue weighted by Gasteiger charge is 2.02. The minimum absolute atomic E-state index is 0.133. The molecule has 56 valence electrons. The number of halogens is 2. The largest absolute Gasteiger partial charge is 0.326 e. The maximum Gasteiger partial charge on any atom is 0.117 e. The summed E-state index contributed by atoms with van der Waals surface area (Å²) in [6, 6.07) is 2.84. The molecule has 2 N–H and O–H groups in total. The van der Waals surface area contributed by atoms with Gasteiger partial charge in [0.05, 0.1) is 0 Å². The zero-order valence-electron chi connectivity index (χ0n) is 5.77. The first-order valence-electron chi connectivity index (χ1n) is 3.08. The second-order valence-corrected chi connectivity index (χ2v) is 3.02. The lowest BCUT2D eigenvalue weighted by molar-refractivity contribution is 0.634. The number of hydrogen-bond acceptors (Lipinski definition) is 1. The van der Waals surface area contributed by atoms with Gasteiger partial charge in [0.1, 0.15) is 13.7 Å².